The molecule has 0 saturated heterocycles. The van der Waals surface area contributed by atoms with Crippen LogP contribution in [0.2, 0.25) is 0 Å². The number of rotatable bonds is 7. The first-order valence-corrected chi connectivity index (χ1v) is 8.37. The van der Waals surface area contributed by atoms with Gasteiger partial charge in [-0.3, -0.25) is 4.98 Å². The second-order valence-electron chi connectivity index (χ2n) is 4.53. The molecule has 108 valence electrons. The summed E-state index contributed by atoms with van der Waals surface area (Å²) in [6.07, 6.45) is 3.82. The number of ether oxygens (including phenoxy) is 1. The average Bonchev–Trinajstić information content (AvgIpc) is 2.94. The molecule has 3 nitrogen and oxygen atoms in total. The van der Waals surface area contributed by atoms with Gasteiger partial charge < -0.3 is 10.1 Å². The van der Waals surface area contributed by atoms with Crippen LogP contribution >= 0.6 is 27.3 Å². The number of nitrogens with one attached hydrogen (secondary N) is 1. The number of aromatic nitrogens is 1. The molecule has 0 saturated carbocycles. The molecule has 0 fully saturated rings. The lowest BCUT2D eigenvalue weighted by molar-refractivity contribution is 0.402. The standard InChI is InChI=1S/C15H19BrN2OS/c1-3-7-17-13(15-14(19-2)6-8-20-15)9-12-5-4-11(16)10-18-12/h4-6,8,10,13,17H,3,7,9H2,1-2H3. The second-order valence-corrected chi connectivity index (χ2v) is 6.40. The van der Waals surface area contributed by atoms with E-state index in [1.165, 1.54) is 4.88 Å². The van der Waals surface area contributed by atoms with Crippen LogP contribution in [0.25, 0.3) is 0 Å². The Morgan fingerprint density at radius 1 is 1.40 bits per heavy atom. The van der Waals surface area contributed by atoms with Crippen molar-refractivity contribution in [3.63, 3.8) is 0 Å². The summed E-state index contributed by atoms with van der Waals surface area (Å²) in [4.78, 5) is 5.71. The van der Waals surface area contributed by atoms with Crippen molar-refractivity contribution in [1.29, 1.82) is 0 Å². The lowest BCUT2D eigenvalue weighted by atomic mass is 10.1. The Kier molecular flexibility index (Phi) is 6.01. The molecule has 5 heteroatoms. The highest BCUT2D eigenvalue weighted by Crippen LogP contribution is 2.32. The normalized spacial score (nSPS) is 12.3. The van der Waals surface area contributed by atoms with Crippen LogP contribution in [0.3, 0.4) is 0 Å². The molecule has 0 bridgehead atoms. The Morgan fingerprint density at radius 3 is 2.90 bits per heavy atom. The lowest BCUT2D eigenvalue weighted by Crippen LogP contribution is -2.24. The Hall–Kier alpha value is -0.910. The number of hydrogen-bond donors (Lipinski definition) is 1. The fraction of sp³-hybridized carbons (Fsp3) is 0.400. The zero-order valence-corrected chi connectivity index (χ0v) is 14.1. The molecule has 1 unspecified atom stereocenters. The number of nitrogens with zero attached hydrogens (tertiary/aromatic N) is 1. The van der Waals surface area contributed by atoms with Crippen LogP contribution in [0.5, 0.6) is 5.75 Å². The smallest absolute Gasteiger partial charge is 0.134 e. The average molecular weight is 355 g/mol. The molecule has 0 aliphatic heterocycles. The van der Waals surface area contributed by atoms with Crippen molar-refractivity contribution in [3.8, 4) is 5.75 Å². The molecule has 20 heavy (non-hydrogen) atoms. The molecular formula is C15H19BrN2OS. The minimum atomic E-state index is 0.249. The van der Waals surface area contributed by atoms with Crippen LogP contribution in [0.1, 0.15) is 30.0 Å². The highest BCUT2D eigenvalue weighted by molar-refractivity contribution is 9.10. The zero-order valence-electron chi connectivity index (χ0n) is 11.7. The van der Waals surface area contributed by atoms with E-state index < -0.39 is 0 Å². The fourth-order valence-electron chi connectivity index (χ4n) is 2.04. The first-order valence-electron chi connectivity index (χ1n) is 6.69. The van der Waals surface area contributed by atoms with Crippen molar-refractivity contribution in [3.05, 3.63) is 44.8 Å². The van der Waals surface area contributed by atoms with Crippen LogP contribution in [0, 0.1) is 0 Å². The molecule has 2 rings (SSSR count). The minimum absolute atomic E-state index is 0.249. The maximum Gasteiger partial charge on any atom is 0.134 e. The van der Waals surface area contributed by atoms with Gasteiger partial charge in [0.1, 0.15) is 5.75 Å². The van der Waals surface area contributed by atoms with Gasteiger partial charge in [-0.15, -0.1) is 11.3 Å². The SMILES string of the molecule is CCCNC(Cc1ccc(Br)cn1)c1sccc1OC. The molecule has 1 atom stereocenters. The molecule has 0 aliphatic carbocycles. The Bertz CT molecular complexity index is 527. The Labute approximate surface area is 132 Å². The maximum absolute atomic E-state index is 5.45. The van der Waals surface area contributed by atoms with Crippen LogP contribution in [-0.2, 0) is 6.42 Å². The number of halogens is 1. The molecule has 0 aliphatic rings. The Morgan fingerprint density at radius 2 is 2.25 bits per heavy atom. The van der Waals surface area contributed by atoms with Gasteiger partial charge in [0.15, 0.2) is 0 Å². The van der Waals surface area contributed by atoms with Crippen molar-refractivity contribution in [2.24, 2.45) is 0 Å². The molecule has 2 aromatic heterocycles. The fourth-order valence-corrected chi connectivity index (χ4v) is 3.22. The van der Waals surface area contributed by atoms with Gasteiger partial charge >= 0.3 is 0 Å². The van der Waals surface area contributed by atoms with Gasteiger partial charge in [-0.05, 0) is 52.5 Å². The van der Waals surface area contributed by atoms with Gasteiger partial charge in [0.25, 0.3) is 0 Å². The number of pyridine rings is 1. The summed E-state index contributed by atoms with van der Waals surface area (Å²) in [6, 6.07) is 6.37. The monoisotopic (exact) mass is 354 g/mol. The van der Waals surface area contributed by atoms with Gasteiger partial charge in [0.2, 0.25) is 0 Å². The largest absolute Gasteiger partial charge is 0.496 e. The summed E-state index contributed by atoms with van der Waals surface area (Å²) < 4.78 is 6.45. The summed E-state index contributed by atoms with van der Waals surface area (Å²) in [5, 5.41) is 5.66. The summed E-state index contributed by atoms with van der Waals surface area (Å²) in [7, 11) is 1.72. The van der Waals surface area contributed by atoms with Crippen LogP contribution in [0.4, 0.5) is 0 Å². The summed E-state index contributed by atoms with van der Waals surface area (Å²) >= 11 is 5.15. The molecule has 1 N–H and O–H groups in total. The van der Waals surface area contributed by atoms with Crippen molar-refractivity contribution in [2.45, 2.75) is 25.8 Å². The predicted molar refractivity (Wildman–Crippen MR) is 87.5 cm³/mol. The molecular weight excluding hydrogens is 336 g/mol. The van der Waals surface area contributed by atoms with E-state index in [4.69, 9.17) is 4.74 Å². The van der Waals surface area contributed by atoms with Gasteiger partial charge in [0, 0.05) is 22.8 Å². The van der Waals surface area contributed by atoms with E-state index in [0.717, 1.165) is 35.3 Å². The van der Waals surface area contributed by atoms with Crippen LogP contribution < -0.4 is 10.1 Å². The van der Waals surface area contributed by atoms with E-state index in [-0.39, 0.29) is 6.04 Å². The van der Waals surface area contributed by atoms with E-state index in [1.54, 1.807) is 18.4 Å². The Balaban J connectivity index is 2.17. The van der Waals surface area contributed by atoms with Crippen LogP contribution in [-0.4, -0.2) is 18.6 Å². The third-order valence-corrected chi connectivity index (χ3v) is 4.52. The molecule has 0 aromatic carbocycles. The number of methoxy groups -OCH3 is 1. The van der Waals surface area contributed by atoms with Gasteiger partial charge in [-0.1, -0.05) is 6.92 Å². The van der Waals surface area contributed by atoms with Gasteiger partial charge in [0.05, 0.1) is 18.0 Å². The molecule has 2 aromatic rings. The molecule has 0 spiro atoms. The molecule has 2 heterocycles. The maximum atomic E-state index is 5.45. The van der Waals surface area contributed by atoms with Crippen molar-refractivity contribution in [1.82, 2.24) is 10.3 Å². The van der Waals surface area contributed by atoms with Gasteiger partial charge in [-0.25, -0.2) is 0 Å². The second kappa shape index (κ2) is 7.76. The van der Waals surface area contributed by atoms with Crippen LogP contribution in [0.15, 0.2) is 34.2 Å². The van der Waals surface area contributed by atoms with E-state index in [1.807, 2.05) is 18.3 Å². The quantitative estimate of drug-likeness (QED) is 0.808. The van der Waals surface area contributed by atoms with Crippen molar-refractivity contribution < 1.29 is 4.74 Å². The van der Waals surface area contributed by atoms with E-state index in [9.17, 15) is 0 Å². The minimum Gasteiger partial charge on any atom is -0.496 e. The first-order chi connectivity index (χ1) is 9.74. The number of hydrogen-bond acceptors (Lipinski definition) is 4. The van der Waals surface area contributed by atoms with Crippen molar-refractivity contribution >= 4 is 27.3 Å². The topological polar surface area (TPSA) is 34.2 Å². The third-order valence-electron chi connectivity index (χ3n) is 3.04. The molecule has 0 radical (unpaired) electrons. The van der Waals surface area contributed by atoms with E-state index in [0.29, 0.717) is 0 Å². The van der Waals surface area contributed by atoms with Gasteiger partial charge in [-0.2, -0.15) is 0 Å². The lowest BCUT2D eigenvalue weighted by Gasteiger charge is -2.18. The molecule has 0 amide bonds. The van der Waals surface area contributed by atoms with Crippen molar-refractivity contribution in [2.75, 3.05) is 13.7 Å². The first kappa shape index (κ1) is 15.5. The number of thiophene rings is 1. The predicted octanol–water partition coefficient (Wildman–Crippen LogP) is 4.20. The highest BCUT2D eigenvalue weighted by atomic mass is 79.9. The van der Waals surface area contributed by atoms with E-state index >= 15 is 0 Å². The summed E-state index contributed by atoms with van der Waals surface area (Å²) in [5.74, 6) is 0.959. The summed E-state index contributed by atoms with van der Waals surface area (Å²) in [6.45, 7) is 3.16. The summed E-state index contributed by atoms with van der Waals surface area (Å²) in [5.41, 5.74) is 1.08. The van der Waals surface area contributed by atoms with E-state index in [2.05, 4.69) is 44.6 Å². The third kappa shape index (κ3) is 4.04. The highest BCUT2D eigenvalue weighted by Gasteiger charge is 2.18. The zero-order chi connectivity index (χ0) is 14.4.